The van der Waals surface area contributed by atoms with Gasteiger partial charge in [-0.2, -0.15) is 0 Å². The Labute approximate surface area is 208 Å². The summed E-state index contributed by atoms with van der Waals surface area (Å²) in [6, 6.07) is 43.9. The SMILES string of the molecule is Fc1cccc(C(CCCc2ccccc2)C(Cc2ccccc2)c2cccc3ccccc23)c1. The van der Waals surface area contributed by atoms with Crippen LogP contribution in [0.2, 0.25) is 0 Å². The topological polar surface area (TPSA) is 0 Å². The van der Waals surface area contributed by atoms with Crippen LogP contribution in [0.3, 0.4) is 0 Å². The van der Waals surface area contributed by atoms with Crippen molar-refractivity contribution < 1.29 is 4.39 Å². The van der Waals surface area contributed by atoms with Crippen LogP contribution in [0.15, 0.2) is 127 Å². The molecule has 0 nitrogen and oxygen atoms in total. The van der Waals surface area contributed by atoms with Crippen molar-refractivity contribution in [2.45, 2.75) is 37.5 Å². The number of benzene rings is 5. The van der Waals surface area contributed by atoms with E-state index in [1.54, 1.807) is 12.1 Å². The Hall–Kier alpha value is -3.71. The van der Waals surface area contributed by atoms with E-state index in [1.807, 2.05) is 6.07 Å². The Kier molecular flexibility index (Phi) is 7.34. The summed E-state index contributed by atoms with van der Waals surface area (Å²) in [5, 5.41) is 2.55. The third-order valence-electron chi connectivity index (χ3n) is 7.11. The van der Waals surface area contributed by atoms with E-state index in [0.717, 1.165) is 31.2 Å². The second kappa shape index (κ2) is 11.1. The highest BCUT2D eigenvalue weighted by molar-refractivity contribution is 5.86. The third kappa shape index (κ3) is 5.69. The van der Waals surface area contributed by atoms with Gasteiger partial charge >= 0.3 is 0 Å². The average Bonchev–Trinajstić information content (AvgIpc) is 2.91. The first-order chi connectivity index (χ1) is 17.3. The molecule has 0 bridgehead atoms. The predicted octanol–water partition coefficient (Wildman–Crippen LogP) is 9.11. The molecule has 0 aliphatic heterocycles. The molecule has 0 aliphatic carbocycles. The van der Waals surface area contributed by atoms with Crippen LogP contribution in [0.5, 0.6) is 0 Å². The summed E-state index contributed by atoms with van der Waals surface area (Å²) in [4.78, 5) is 0. The molecule has 2 unspecified atom stereocenters. The van der Waals surface area contributed by atoms with Crippen molar-refractivity contribution in [1.82, 2.24) is 0 Å². The molecule has 1 heteroatoms. The highest BCUT2D eigenvalue weighted by Gasteiger charge is 2.27. The molecule has 0 saturated heterocycles. The number of rotatable bonds is 9. The summed E-state index contributed by atoms with van der Waals surface area (Å²) in [6.45, 7) is 0. The number of hydrogen-bond acceptors (Lipinski definition) is 0. The quantitative estimate of drug-likeness (QED) is 0.207. The van der Waals surface area contributed by atoms with E-state index in [1.165, 1.54) is 27.5 Å². The Bertz CT molecular complexity index is 1350. The Morgan fingerprint density at radius 2 is 1.23 bits per heavy atom. The maximum Gasteiger partial charge on any atom is 0.123 e. The van der Waals surface area contributed by atoms with Crippen LogP contribution in [0, 0.1) is 5.82 Å². The van der Waals surface area contributed by atoms with Crippen molar-refractivity contribution in [1.29, 1.82) is 0 Å². The zero-order valence-corrected chi connectivity index (χ0v) is 20.0. The van der Waals surface area contributed by atoms with Gasteiger partial charge in [0, 0.05) is 0 Å². The van der Waals surface area contributed by atoms with Crippen molar-refractivity contribution >= 4 is 10.8 Å². The van der Waals surface area contributed by atoms with Gasteiger partial charge in [0.05, 0.1) is 0 Å². The van der Waals surface area contributed by atoms with Crippen LogP contribution in [0.4, 0.5) is 4.39 Å². The fourth-order valence-electron chi connectivity index (χ4n) is 5.42. The zero-order valence-electron chi connectivity index (χ0n) is 20.0. The van der Waals surface area contributed by atoms with E-state index < -0.39 is 0 Å². The molecule has 0 heterocycles. The summed E-state index contributed by atoms with van der Waals surface area (Å²) in [5.41, 5.74) is 5.11. The average molecular weight is 459 g/mol. The number of fused-ring (bicyclic) bond motifs is 1. The standard InChI is InChI=1S/C34H31F/c35-30-20-10-19-29(25-30)32(22-9-16-26-12-3-1-4-13-26)34(24-27-14-5-2-6-15-27)33-23-11-18-28-17-7-8-21-31(28)33/h1-8,10-15,17-21,23,25,32,34H,9,16,22,24H2. The van der Waals surface area contributed by atoms with Gasteiger partial charge in [0.25, 0.3) is 0 Å². The monoisotopic (exact) mass is 458 g/mol. The second-order valence-electron chi connectivity index (χ2n) is 9.40. The molecule has 5 aromatic rings. The van der Waals surface area contributed by atoms with Crippen molar-refractivity contribution in [3.05, 3.63) is 155 Å². The zero-order chi connectivity index (χ0) is 23.9. The molecule has 0 spiro atoms. The number of halogens is 1. The normalized spacial score (nSPS) is 12.9. The van der Waals surface area contributed by atoms with E-state index in [9.17, 15) is 4.39 Å². The van der Waals surface area contributed by atoms with Crippen molar-refractivity contribution in [2.75, 3.05) is 0 Å². The lowest BCUT2D eigenvalue weighted by Gasteiger charge is -2.30. The fraction of sp³-hybridized carbons (Fsp3) is 0.176. The van der Waals surface area contributed by atoms with E-state index in [4.69, 9.17) is 0 Å². The van der Waals surface area contributed by atoms with E-state index >= 15 is 0 Å². The number of aryl methyl sites for hydroxylation is 1. The lowest BCUT2D eigenvalue weighted by Crippen LogP contribution is -2.16. The maximum absolute atomic E-state index is 14.5. The molecule has 0 fully saturated rings. The van der Waals surface area contributed by atoms with Crippen LogP contribution in [0.25, 0.3) is 10.8 Å². The molecule has 2 atom stereocenters. The van der Waals surface area contributed by atoms with Gasteiger partial charge in [-0.05, 0) is 82.7 Å². The predicted molar refractivity (Wildman–Crippen MR) is 145 cm³/mol. The molecular formula is C34H31F. The Morgan fingerprint density at radius 1 is 0.571 bits per heavy atom. The number of hydrogen-bond donors (Lipinski definition) is 0. The van der Waals surface area contributed by atoms with Gasteiger partial charge in [-0.1, -0.05) is 115 Å². The molecule has 5 rings (SSSR count). The van der Waals surface area contributed by atoms with Crippen molar-refractivity contribution in [3.8, 4) is 0 Å². The van der Waals surface area contributed by atoms with Gasteiger partial charge in [0.1, 0.15) is 5.82 Å². The van der Waals surface area contributed by atoms with Crippen LogP contribution < -0.4 is 0 Å². The minimum absolute atomic E-state index is 0.160. The fourth-order valence-corrected chi connectivity index (χ4v) is 5.42. The molecule has 0 amide bonds. The largest absolute Gasteiger partial charge is 0.207 e. The van der Waals surface area contributed by atoms with Crippen molar-refractivity contribution in [3.63, 3.8) is 0 Å². The molecule has 0 aromatic heterocycles. The van der Waals surface area contributed by atoms with Gasteiger partial charge in [0.2, 0.25) is 0 Å². The van der Waals surface area contributed by atoms with Gasteiger partial charge < -0.3 is 0 Å². The first-order valence-corrected chi connectivity index (χ1v) is 12.6. The second-order valence-corrected chi connectivity index (χ2v) is 9.40. The third-order valence-corrected chi connectivity index (χ3v) is 7.11. The summed E-state index contributed by atoms with van der Waals surface area (Å²) < 4.78 is 14.5. The van der Waals surface area contributed by atoms with Crippen LogP contribution in [-0.2, 0) is 12.8 Å². The first-order valence-electron chi connectivity index (χ1n) is 12.6. The molecule has 35 heavy (non-hydrogen) atoms. The van der Waals surface area contributed by atoms with Gasteiger partial charge in [-0.25, -0.2) is 4.39 Å². The molecule has 174 valence electrons. The molecule has 5 aromatic carbocycles. The van der Waals surface area contributed by atoms with E-state index in [2.05, 4.69) is 109 Å². The summed E-state index contributed by atoms with van der Waals surface area (Å²) in [5.74, 6) is 0.286. The molecule has 0 N–H and O–H groups in total. The van der Waals surface area contributed by atoms with Gasteiger partial charge in [0.15, 0.2) is 0 Å². The van der Waals surface area contributed by atoms with Gasteiger partial charge in [-0.15, -0.1) is 0 Å². The smallest absolute Gasteiger partial charge is 0.123 e. The molecular weight excluding hydrogens is 427 g/mol. The van der Waals surface area contributed by atoms with E-state index in [-0.39, 0.29) is 17.7 Å². The lowest BCUT2D eigenvalue weighted by molar-refractivity contribution is 0.485. The minimum atomic E-state index is -0.160. The highest BCUT2D eigenvalue weighted by atomic mass is 19.1. The molecule has 0 radical (unpaired) electrons. The molecule has 0 aliphatic rings. The van der Waals surface area contributed by atoms with Crippen molar-refractivity contribution in [2.24, 2.45) is 0 Å². The van der Waals surface area contributed by atoms with Gasteiger partial charge in [-0.3, -0.25) is 0 Å². The molecule has 0 saturated carbocycles. The summed E-state index contributed by atoms with van der Waals surface area (Å²) in [7, 11) is 0. The van der Waals surface area contributed by atoms with Crippen LogP contribution >= 0.6 is 0 Å². The summed E-state index contributed by atoms with van der Waals surface area (Å²) in [6.07, 6.45) is 4.00. The highest BCUT2D eigenvalue weighted by Crippen LogP contribution is 2.42. The first kappa shape index (κ1) is 23.1. The van der Waals surface area contributed by atoms with E-state index in [0.29, 0.717) is 0 Å². The minimum Gasteiger partial charge on any atom is -0.207 e. The van der Waals surface area contributed by atoms with Crippen LogP contribution in [0.1, 0.15) is 46.9 Å². The Morgan fingerprint density at radius 3 is 2.00 bits per heavy atom. The Balaban J connectivity index is 1.56. The maximum atomic E-state index is 14.5. The van der Waals surface area contributed by atoms with Crippen LogP contribution in [-0.4, -0.2) is 0 Å². The lowest BCUT2D eigenvalue weighted by atomic mass is 9.74. The summed E-state index contributed by atoms with van der Waals surface area (Å²) >= 11 is 0.